The molecule has 0 amide bonds. The van der Waals surface area contributed by atoms with Gasteiger partial charge in [0.1, 0.15) is 24.2 Å². The van der Waals surface area contributed by atoms with Gasteiger partial charge in [-0.15, -0.1) is 0 Å². The molecule has 132 valence electrons. The predicted molar refractivity (Wildman–Crippen MR) is 94.4 cm³/mol. The number of morpholine rings is 1. The largest absolute Gasteiger partial charge is 0.492 e. The van der Waals surface area contributed by atoms with Crippen LogP contribution in [0.1, 0.15) is 47.4 Å². The molecule has 1 aromatic carbocycles. The first-order valence-corrected chi connectivity index (χ1v) is 9.40. The lowest BCUT2D eigenvalue weighted by molar-refractivity contribution is 0.0321. The molecule has 2 aliphatic heterocycles. The summed E-state index contributed by atoms with van der Waals surface area (Å²) in [6.07, 6.45) is 4.15. The van der Waals surface area contributed by atoms with Crippen molar-refractivity contribution in [3.8, 4) is 11.5 Å². The fourth-order valence-electron chi connectivity index (χ4n) is 4.58. The first kappa shape index (κ1) is 16.2. The fraction of sp³-hybridized carbons (Fsp3) is 0.700. The van der Waals surface area contributed by atoms with Crippen molar-refractivity contribution in [3.05, 3.63) is 22.3 Å². The smallest absolute Gasteiger partial charge is 0.127 e. The van der Waals surface area contributed by atoms with E-state index in [0.717, 1.165) is 51.0 Å². The number of hydrogen-bond donors (Lipinski definition) is 0. The maximum atomic E-state index is 6.30. The Morgan fingerprint density at radius 2 is 1.83 bits per heavy atom. The van der Waals surface area contributed by atoms with Gasteiger partial charge in [-0.05, 0) is 56.7 Å². The third kappa shape index (κ3) is 2.70. The molecular weight excluding hydrogens is 302 g/mol. The quantitative estimate of drug-likeness (QED) is 0.846. The molecule has 0 radical (unpaired) electrons. The van der Waals surface area contributed by atoms with Gasteiger partial charge in [0, 0.05) is 31.1 Å². The Morgan fingerprint density at radius 3 is 2.62 bits per heavy atom. The molecular formula is C20H29NO3. The van der Waals surface area contributed by atoms with E-state index < -0.39 is 0 Å². The van der Waals surface area contributed by atoms with Gasteiger partial charge in [0.05, 0.1) is 13.2 Å². The third-order valence-corrected chi connectivity index (χ3v) is 6.08. The van der Waals surface area contributed by atoms with E-state index in [-0.39, 0.29) is 0 Å². The van der Waals surface area contributed by atoms with E-state index in [4.69, 9.17) is 14.2 Å². The summed E-state index contributed by atoms with van der Waals surface area (Å²) in [5, 5.41) is 0. The van der Waals surface area contributed by atoms with Gasteiger partial charge >= 0.3 is 0 Å². The van der Waals surface area contributed by atoms with Crippen molar-refractivity contribution in [2.75, 3.05) is 39.5 Å². The lowest BCUT2D eigenvalue weighted by Gasteiger charge is -2.27. The summed E-state index contributed by atoms with van der Waals surface area (Å²) >= 11 is 0. The Balaban J connectivity index is 1.53. The zero-order valence-electron chi connectivity index (χ0n) is 15.2. The topological polar surface area (TPSA) is 30.9 Å². The Labute approximate surface area is 145 Å². The monoisotopic (exact) mass is 331 g/mol. The highest BCUT2D eigenvalue weighted by molar-refractivity contribution is 5.61. The van der Waals surface area contributed by atoms with Crippen molar-refractivity contribution >= 4 is 0 Å². The molecule has 1 saturated carbocycles. The molecule has 4 rings (SSSR count). The highest BCUT2D eigenvalue weighted by atomic mass is 16.5. The summed E-state index contributed by atoms with van der Waals surface area (Å²) in [5.41, 5.74) is 5.26. The first-order chi connectivity index (χ1) is 11.7. The van der Waals surface area contributed by atoms with Gasteiger partial charge in [0.25, 0.3) is 0 Å². The summed E-state index contributed by atoms with van der Waals surface area (Å²) in [4.78, 5) is 2.42. The average Bonchev–Trinajstić information content (AvgIpc) is 3.18. The molecule has 4 heteroatoms. The van der Waals surface area contributed by atoms with Gasteiger partial charge in [-0.25, -0.2) is 0 Å². The number of hydrogen-bond acceptors (Lipinski definition) is 4. The summed E-state index contributed by atoms with van der Waals surface area (Å²) in [7, 11) is 0. The SMILES string of the molecule is Cc1c(C)c2c(c(C)c1OCCN1CCOCC1)[C@H]1CCC[C@H]1O2. The first-order valence-electron chi connectivity index (χ1n) is 9.40. The third-order valence-electron chi connectivity index (χ3n) is 6.08. The van der Waals surface area contributed by atoms with Crippen LogP contribution in [-0.2, 0) is 4.74 Å². The lowest BCUT2D eigenvalue weighted by Crippen LogP contribution is -2.38. The zero-order valence-corrected chi connectivity index (χ0v) is 15.2. The number of benzene rings is 1. The fourth-order valence-corrected chi connectivity index (χ4v) is 4.58. The maximum Gasteiger partial charge on any atom is 0.127 e. The molecule has 2 fully saturated rings. The van der Waals surface area contributed by atoms with Gasteiger partial charge in [0.15, 0.2) is 0 Å². The van der Waals surface area contributed by atoms with Gasteiger partial charge < -0.3 is 14.2 Å². The van der Waals surface area contributed by atoms with Crippen LogP contribution in [0.25, 0.3) is 0 Å². The Kier molecular flexibility index (Phi) is 4.44. The van der Waals surface area contributed by atoms with Gasteiger partial charge in [-0.3, -0.25) is 4.90 Å². The molecule has 1 aliphatic carbocycles. The van der Waals surface area contributed by atoms with Crippen LogP contribution >= 0.6 is 0 Å². The Morgan fingerprint density at radius 1 is 1.04 bits per heavy atom. The van der Waals surface area contributed by atoms with Crippen LogP contribution in [0.2, 0.25) is 0 Å². The summed E-state index contributed by atoms with van der Waals surface area (Å²) < 4.78 is 18.0. The molecule has 0 aromatic heterocycles. The highest BCUT2D eigenvalue weighted by Crippen LogP contribution is 2.52. The van der Waals surface area contributed by atoms with Gasteiger partial charge in [-0.1, -0.05) is 0 Å². The van der Waals surface area contributed by atoms with Crippen LogP contribution in [0.5, 0.6) is 11.5 Å². The second kappa shape index (κ2) is 6.57. The van der Waals surface area contributed by atoms with Crippen LogP contribution in [0, 0.1) is 20.8 Å². The molecule has 0 N–H and O–H groups in total. The van der Waals surface area contributed by atoms with E-state index in [2.05, 4.69) is 25.7 Å². The Hall–Kier alpha value is -1.26. The van der Waals surface area contributed by atoms with E-state index >= 15 is 0 Å². The van der Waals surface area contributed by atoms with Crippen molar-refractivity contribution in [3.63, 3.8) is 0 Å². The van der Waals surface area contributed by atoms with E-state index in [9.17, 15) is 0 Å². The lowest BCUT2D eigenvalue weighted by atomic mass is 9.89. The molecule has 0 bridgehead atoms. The maximum absolute atomic E-state index is 6.30. The van der Waals surface area contributed by atoms with Crippen LogP contribution < -0.4 is 9.47 Å². The van der Waals surface area contributed by atoms with Crippen LogP contribution in [0.15, 0.2) is 0 Å². The van der Waals surface area contributed by atoms with Crippen molar-refractivity contribution in [1.29, 1.82) is 0 Å². The number of ether oxygens (including phenoxy) is 3. The summed E-state index contributed by atoms with van der Waals surface area (Å²) in [5.74, 6) is 2.83. The second-order valence-electron chi connectivity index (χ2n) is 7.44. The standard InChI is InChI=1S/C20H29NO3/c1-13-14(2)20-18(16-5-4-6-17(16)24-20)15(3)19(13)23-12-9-21-7-10-22-11-8-21/h16-17H,4-12H2,1-3H3/t16-,17+/m0/s1. The minimum atomic E-state index is 0.403. The normalized spacial score (nSPS) is 26.1. The van der Waals surface area contributed by atoms with E-state index in [1.807, 2.05) is 0 Å². The summed E-state index contributed by atoms with van der Waals surface area (Å²) in [6, 6.07) is 0. The van der Waals surface area contributed by atoms with Crippen molar-refractivity contribution < 1.29 is 14.2 Å². The molecule has 3 aliphatic rings. The van der Waals surface area contributed by atoms with Crippen molar-refractivity contribution in [2.45, 2.75) is 52.1 Å². The predicted octanol–water partition coefficient (Wildman–Crippen LogP) is 3.35. The number of rotatable bonds is 4. The minimum Gasteiger partial charge on any atom is -0.492 e. The average molecular weight is 331 g/mol. The molecule has 2 heterocycles. The zero-order chi connectivity index (χ0) is 16.7. The minimum absolute atomic E-state index is 0.403. The Bertz CT molecular complexity index is 622. The molecule has 24 heavy (non-hydrogen) atoms. The molecule has 1 aromatic rings. The molecule has 2 atom stereocenters. The highest BCUT2D eigenvalue weighted by Gasteiger charge is 2.41. The van der Waals surface area contributed by atoms with Crippen LogP contribution in [0.3, 0.4) is 0 Å². The van der Waals surface area contributed by atoms with E-state index in [1.165, 1.54) is 41.5 Å². The summed E-state index contributed by atoms with van der Waals surface area (Å²) in [6.45, 7) is 12.0. The number of fused-ring (bicyclic) bond motifs is 3. The van der Waals surface area contributed by atoms with Gasteiger partial charge in [0.2, 0.25) is 0 Å². The molecule has 4 nitrogen and oxygen atoms in total. The van der Waals surface area contributed by atoms with E-state index in [0.29, 0.717) is 12.0 Å². The number of nitrogens with zero attached hydrogens (tertiary/aromatic N) is 1. The molecule has 1 saturated heterocycles. The van der Waals surface area contributed by atoms with Crippen molar-refractivity contribution in [1.82, 2.24) is 4.90 Å². The van der Waals surface area contributed by atoms with E-state index in [1.54, 1.807) is 0 Å². The van der Waals surface area contributed by atoms with Crippen molar-refractivity contribution in [2.24, 2.45) is 0 Å². The second-order valence-corrected chi connectivity index (χ2v) is 7.44. The molecule has 0 unspecified atom stereocenters. The van der Waals surface area contributed by atoms with Crippen LogP contribution in [-0.4, -0.2) is 50.5 Å². The van der Waals surface area contributed by atoms with Gasteiger partial charge in [-0.2, -0.15) is 0 Å². The van der Waals surface area contributed by atoms with Crippen LogP contribution in [0.4, 0.5) is 0 Å². The molecule has 0 spiro atoms.